The second-order valence-electron chi connectivity index (χ2n) is 4.13. The molecule has 5 heteroatoms. The maximum Gasteiger partial charge on any atom is 0.288 e. The number of carbonyl (C=O) groups excluding carboxylic acids is 1. The Labute approximate surface area is 98.2 Å². The van der Waals surface area contributed by atoms with E-state index in [2.05, 4.69) is 5.10 Å². The molecule has 0 fully saturated rings. The van der Waals surface area contributed by atoms with E-state index in [1.165, 1.54) is 0 Å². The standard InChI is InChI=1S/C11H13ClN2O2/c1-5(2)14-7(4)8-6(3)9(10(12)15)16-11(8)13-14/h5H,1-4H3. The molecule has 16 heavy (non-hydrogen) atoms. The Hall–Kier alpha value is -1.29. The zero-order valence-corrected chi connectivity index (χ0v) is 10.4. The van der Waals surface area contributed by atoms with Gasteiger partial charge in [0.2, 0.25) is 5.71 Å². The summed E-state index contributed by atoms with van der Waals surface area (Å²) in [5.41, 5.74) is 2.24. The van der Waals surface area contributed by atoms with Crippen LogP contribution in [0, 0.1) is 13.8 Å². The minimum absolute atomic E-state index is 0.193. The van der Waals surface area contributed by atoms with Gasteiger partial charge < -0.3 is 4.42 Å². The fourth-order valence-electron chi connectivity index (χ4n) is 1.97. The maximum atomic E-state index is 11.1. The van der Waals surface area contributed by atoms with Crippen molar-refractivity contribution >= 4 is 27.9 Å². The van der Waals surface area contributed by atoms with Crippen molar-refractivity contribution in [2.45, 2.75) is 33.7 Å². The molecular weight excluding hydrogens is 228 g/mol. The molecule has 0 aromatic carbocycles. The molecule has 0 aliphatic rings. The van der Waals surface area contributed by atoms with E-state index in [1.54, 1.807) is 0 Å². The monoisotopic (exact) mass is 240 g/mol. The quantitative estimate of drug-likeness (QED) is 0.758. The number of hydrogen-bond donors (Lipinski definition) is 0. The Morgan fingerprint density at radius 2 is 2.06 bits per heavy atom. The minimum Gasteiger partial charge on any atom is -0.432 e. The molecule has 0 aliphatic carbocycles. The van der Waals surface area contributed by atoms with Gasteiger partial charge in [0.15, 0.2) is 5.76 Å². The van der Waals surface area contributed by atoms with Gasteiger partial charge in [-0.15, -0.1) is 5.10 Å². The number of halogens is 1. The summed E-state index contributed by atoms with van der Waals surface area (Å²) in [7, 11) is 0. The Bertz CT molecular complexity index is 566. The van der Waals surface area contributed by atoms with Gasteiger partial charge in [0, 0.05) is 17.3 Å². The lowest BCUT2D eigenvalue weighted by atomic mass is 10.2. The first-order valence-corrected chi connectivity index (χ1v) is 5.49. The van der Waals surface area contributed by atoms with Crippen LogP contribution in [-0.4, -0.2) is 15.0 Å². The summed E-state index contributed by atoms with van der Waals surface area (Å²) in [6.07, 6.45) is 0. The summed E-state index contributed by atoms with van der Waals surface area (Å²) in [6.45, 7) is 7.87. The lowest BCUT2D eigenvalue weighted by Gasteiger charge is -2.07. The molecule has 2 aromatic rings. The van der Waals surface area contributed by atoms with Crippen LogP contribution in [0.15, 0.2) is 4.42 Å². The first-order valence-electron chi connectivity index (χ1n) is 5.11. The third-order valence-electron chi connectivity index (χ3n) is 2.70. The van der Waals surface area contributed by atoms with E-state index in [0.717, 1.165) is 16.6 Å². The lowest BCUT2D eigenvalue weighted by molar-refractivity contribution is 0.105. The summed E-state index contributed by atoms with van der Waals surface area (Å²) < 4.78 is 7.24. The number of rotatable bonds is 2. The van der Waals surface area contributed by atoms with Gasteiger partial charge in [-0.2, -0.15) is 0 Å². The highest BCUT2D eigenvalue weighted by molar-refractivity contribution is 6.67. The van der Waals surface area contributed by atoms with Gasteiger partial charge >= 0.3 is 0 Å². The molecule has 0 bridgehead atoms. The molecule has 86 valence electrons. The van der Waals surface area contributed by atoms with Gasteiger partial charge in [-0.3, -0.25) is 9.48 Å². The maximum absolute atomic E-state index is 11.1. The number of fused-ring (bicyclic) bond motifs is 1. The molecule has 0 unspecified atom stereocenters. The van der Waals surface area contributed by atoms with Gasteiger partial charge in [0.25, 0.3) is 5.24 Å². The van der Waals surface area contributed by atoms with Crippen molar-refractivity contribution in [1.29, 1.82) is 0 Å². The van der Waals surface area contributed by atoms with Crippen LogP contribution in [0.1, 0.15) is 41.7 Å². The highest BCUT2D eigenvalue weighted by atomic mass is 35.5. The molecule has 0 radical (unpaired) electrons. The molecule has 2 aromatic heterocycles. The Balaban J connectivity index is 2.74. The van der Waals surface area contributed by atoms with Gasteiger partial charge in [0.05, 0.1) is 5.39 Å². The van der Waals surface area contributed by atoms with Gasteiger partial charge in [-0.05, 0) is 39.3 Å². The Morgan fingerprint density at radius 1 is 1.44 bits per heavy atom. The van der Waals surface area contributed by atoms with E-state index in [0.29, 0.717) is 5.71 Å². The van der Waals surface area contributed by atoms with Gasteiger partial charge in [-0.1, -0.05) is 0 Å². The van der Waals surface area contributed by atoms with E-state index in [-0.39, 0.29) is 11.8 Å². The van der Waals surface area contributed by atoms with Gasteiger partial charge in [-0.25, -0.2) is 0 Å². The highest BCUT2D eigenvalue weighted by Gasteiger charge is 2.21. The molecule has 0 N–H and O–H groups in total. The summed E-state index contributed by atoms with van der Waals surface area (Å²) in [5.74, 6) is 0.193. The van der Waals surface area contributed by atoms with Crippen LogP contribution in [0.4, 0.5) is 0 Å². The number of carbonyl (C=O) groups is 1. The second-order valence-corrected chi connectivity index (χ2v) is 4.48. The van der Waals surface area contributed by atoms with E-state index in [1.807, 2.05) is 32.4 Å². The SMILES string of the molecule is Cc1c(C(=O)Cl)oc2nn(C(C)C)c(C)c12. The molecular formula is C11H13ClN2O2. The van der Waals surface area contributed by atoms with Crippen molar-refractivity contribution in [3.05, 3.63) is 17.0 Å². The Kier molecular flexibility index (Phi) is 2.54. The van der Waals surface area contributed by atoms with Crippen LogP contribution in [0.2, 0.25) is 0 Å². The van der Waals surface area contributed by atoms with Crippen molar-refractivity contribution in [3.8, 4) is 0 Å². The molecule has 0 spiro atoms. The third-order valence-corrected chi connectivity index (χ3v) is 2.87. The zero-order valence-electron chi connectivity index (χ0n) is 9.67. The Morgan fingerprint density at radius 3 is 2.50 bits per heavy atom. The average molecular weight is 241 g/mol. The van der Waals surface area contributed by atoms with Crippen LogP contribution in [0.5, 0.6) is 0 Å². The van der Waals surface area contributed by atoms with Crippen LogP contribution >= 0.6 is 11.6 Å². The number of aromatic nitrogens is 2. The molecule has 2 rings (SSSR count). The summed E-state index contributed by atoms with van der Waals surface area (Å²) in [6, 6.07) is 0.261. The fourth-order valence-corrected chi connectivity index (χ4v) is 2.15. The normalized spacial score (nSPS) is 11.6. The largest absolute Gasteiger partial charge is 0.432 e. The molecule has 0 saturated carbocycles. The summed E-state index contributed by atoms with van der Waals surface area (Å²) in [4.78, 5) is 11.1. The summed E-state index contributed by atoms with van der Waals surface area (Å²) >= 11 is 5.42. The van der Waals surface area contributed by atoms with Crippen LogP contribution in [0.3, 0.4) is 0 Å². The number of nitrogens with zero attached hydrogens (tertiary/aromatic N) is 2. The fraction of sp³-hybridized carbons (Fsp3) is 0.455. The summed E-state index contributed by atoms with van der Waals surface area (Å²) in [5, 5.41) is 4.62. The van der Waals surface area contributed by atoms with Crippen molar-refractivity contribution in [2.24, 2.45) is 0 Å². The van der Waals surface area contributed by atoms with Crippen molar-refractivity contribution in [3.63, 3.8) is 0 Å². The van der Waals surface area contributed by atoms with E-state index in [4.69, 9.17) is 16.0 Å². The highest BCUT2D eigenvalue weighted by Crippen LogP contribution is 2.29. The minimum atomic E-state index is -0.578. The third kappa shape index (κ3) is 1.45. The molecule has 0 aliphatic heterocycles. The average Bonchev–Trinajstić information content (AvgIpc) is 2.66. The number of furan rings is 1. The van der Waals surface area contributed by atoms with Crippen molar-refractivity contribution < 1.29 is 9.21 Å². The first-order chi connectivity index (χ1) is 7.43. The number of aryl methyl sites for hydroxylation is 2. The molecule has 4 nitrogen and oxygen atoms in total. The van der Waals surface area contributed by atoms with E-state index in [9.17, 15) is 4.79 Å². The van der Waals surface area contributed by atoms with E-state index < -0.39 is 5.24 Å². The first kappa shape index (κ1) is 11.2. The van der Waals surface area contributed by atoms with Gasteiger partial charge in [0.1, 0.15) is 0 Å². The molecule has 2 heterocycles. The number of hydrogen-bond acceptors (Lipinski definition) is 3. The predicted octanol–water partition coefficient (Wildman–Crippen LogP) is 3.21. The zero-order chi connectivity index (χ0) is 12.0. The molecule has 0 atom stereocenters. The van der Waals surface area contributed by atoms with Crippen molar-refractivity contribution in [1.82, 2.24) is 9.78 Å². The van der Waals surface area contributed by atoms with Crippen LogP contribution in [-0.2, 0) is 0 Å². The molecule has 0 amide bonds. The molecule has 0 saturated heterocycles. The van der Waals surface area contributed by atoms with Crippen LogP contribution < -0.4 is 0 Å². The predicted molar refractivity (Wildman–Crippen MR) is 62.0 cm³/mol. The second kappa shape index (κ2) is 3.63. The van der Waals surface area contributed by atoms with Crippen molar-refractivity contribution in [2.75, 3.05) is 0 Å². The topological polar surface area (TPSA) is 48.0 Å². The smallest absolute Gasteiger partial charge is 0.288 e. The van der Waals surface area contributed by atoms with Crippen LogP contribution in [0.25, 0.3) is 11.1 Å². The lowest BCUT2D eigenvalue weighted by Crippen LogP contribution is -2.05. The van der Waals surface area contributed by atoms with E-state index >= 15 is 0 Å².